The van der Waals surface area contributed by atoms with E-state index >= 15 is 0 Å². The molecule has 0 bridgehead atoms. The molecule has 4 nitrogen and oxygen atoms in total. The van der Waals surface area contributed by atoms with E-state index in [1.54, 1.807) is 13.8 Å². The molecule has 11 heavy (non-hydrogen) atoms. The minimum Gasteiger partial charge on any atom is -0.480 e. The molecule has 1 amide bonds. The summed E-state index contributed by atoms with van der Waals surface area (Å²) in [6.45, 7) is 3.09. The molecule has 0 fully saturated rings. The normalized spacial score (nSPS) is 15.0. The van der Waals surface area contributed by atoms with Crippen LogP contribution in [0.4, 0.5) is 0 Å². The number of amides is 1. The van der Waals surface area contributed by atoms with Gasteiger partial charge < -0.3 is 10.4 Å². The van der Waals surface area contributed by atoms with Gasteiger partial charge in [-0.2, -0.15) is 12.6 Å². The number of thiol groups is 1. The minimum atomic E-state index is -1.20. The van der Waals surface area contributed by atoms with Crippen molar-refractivity contribution in [1.82, 2.24) is 5.32 Å². The number of carbonyl (C=O) groups excluding carboxylic acids is 1. The van der Waals surface area contributed by atoms with Crippen molar-refractivity contribution >= 4 is 25.0 Å². The summed E-state index contributed by atoms with van der Waals surface area (Å²) >= 11 is 3.98. The van der Waals surface area contributed by atoms with Crippen LogP contribution in [0.15, 0.2) is 0 Å². The molecule has 0 aliphatic heterocycles. The zero-order chi connectivity index (χ0) is 9.94. The summed E-state index contributed by atoms with van der Waals surface area (Å²) in [4.78, 5) is 20.8. The van der Waals surface area contributed by atoms with E-state index in [4.69, 9.17) is 6.48 Å². The maximum Gasteiger partial charge on any atom is 0.327 e. The molecule has 1 atom stereocenters. The number of carbonyl (C=O) groups is 2. The molecule has 64 valence electrons. The SMILES string of the molecule is [2H]C(=O)N[C@H](C(=O)O)C(C)(C)S. The first-order valence-electron chi connectivity index (χ1n) is 3.47. The molecule has 2 N–H and O–H groups in total. The molecule has 0 aromatic rings. The highest BCUT2D eigenvalue weighted by atomic mass is 32.1. The van der Waals surface area contributed by atoms with Gasteiger partial charge in [0, 0.05) is 4.75 Å². The first kappa shape index (κ1) is 8.39. The van der Waals surface area contributed by atoms with Crippen LogP contribution in [-0.4, -0.2) is 28.3 Å². The van der Waals surface area contributed by atoms with E-state index in [-0.39, 0.29) is 0 Å². The number of aliphatic carboxylic acids is 1. The van der Waals surface area contributed by atoms with Crippen molar-refractivity contribution in [2.75, 3.05) is 0 Å². The molecule has 0 saturated carbocycles. The molecule has 5 heteroatoms. The van der Waals surface area contributed by atoms with Crippen LogP contribution in [0.5, 0.6) is 0 Å². The summed E-state index contributed by atoms with van der Waals surface area (Å²) in [5.41, 5.74) is 0. The van der Waals surface area contributed by atoms with Gasteiger partial charge in [0.2, 0.25) is 6.39 Å². The summed E-state index contributed by atoms with van der Waals surface area (Å²) in [5.74, 6) is -1.20. The number of rotatable bonds is 3. The monoisotopic (exact) mass is 178 g/mol. The summed E-state index contributed by atoms with van der Waals surface area (Å²) in [5, 5.41) is 10.6. The van der Waals surface area contributed by atoms with E-state index in [0.717, 1.165) is 0 Å². The highest BCUT2D eigenvalue weighted by Crippen LogP contribution is 2.17. The third-order valence-corrected chi connectivity index (χ3v) is 1.41. The van der Waals surface area contributed by atoms with Crippen LogP contribution in [0.1, 0.15) is 15.2 Å². The van der Waals surface area contributed by atoms with Gasteiger partial charge in [-0.05, 0) is 13.8 Å². The lowest BCUT2D eigenvalue weighted by Gasteiger charge is -2.24. The van der Waals surface area contributed by atoms with Gasteiger partial charge in [0.15, 0.2) is 0 Å². The highest BCUT2D eigenvalue weighted by molar-refractivity contribution is 7.81. The molecule has 0 radical (unpaired) electrons. The second kappa shape index (κ2) is 3.61. The van der Waals surface area contributed by atoms with E-state index < -0.39 is 23.1 Å². The molecular formula is C6H11NO3S. The second-order valence-electron chi connectivity index (χ2n) is 2.67. The third kappa shape index (κ3) is 3.27. The maximum absolute atomic E-state index is 10.5. The van der Waals surface area contributed by atoms with Crippen LogP contribution < -0.4 is 5.32 Å². The smallest absolute Gasteiger partial charge is 0.327 e. The fraction of sp³-hybridized carbons (Fsp3) is 0.667. The Morgan fingerprint density at radius 3 is 2.45 bits per heavy atom. The molecule has 0 aromatic heterocycles. The van der Waals surface area contributed by atoms with Gasteiger partial charge in [0.1, 0.15) is 7.41 Å². The summed E-state index contributed by atoms with van der Waals surface area (Å²) in [6.07, 6.45) is -1.12. The Kier molecular flexibility index (Phi) is 2.76. The first-order chi connectivity index (χ1) is 5.25. The Balaban J connectivity index is 4.46. The Morgan fingerprint density at radius 2 is 2.36 bits per heavy atom. The maximum atomic E-state index is 10.5. The average molecular weight is 178 g/mol. The minimum absolute atomic E-state index is 0.886. The molecule has 0 spiro atoms. The molecule has 0 saturated heterocycles. The Bertz CT molecular complexity index is 201. The van der Waals surface area contributed by atoms with Crippen molar-refractivity contribution < 1.29 is 16.1 Å². The van der Waals surface area contributed by atoms with Crippen molar-refractivity contribution in [1.29, 1.82) is 0 Å². The molecule has 0 rings (SSSR count). The van der Waals surface area contributed by atoms with Crippen LogP contribution in [0.2, 0.25) is 0 Å². The molecular weight excluding hydrogens is 166 g/mol. The number of hydrogen-bond donors (Lipinski definition) is 3. The molecule has 0 heterocycles. The largest absolute Gasteiger partial charge is 0.480 e. The first-order valence-corrected chi connectivity index (χ1v) is 3.42. The Morgan fingerprint density at radius 1 is 1.91 bits per heavy atom. The summed E-state index contributed by atoms with van der Waals surface area (Å²) < 4.78 is 5.65. The number of carboxylic acid groups (broad SMARTS) is 1. The van der Waals surface area contributed by atoms with Gasteiger partial charge in [-0.15, -0.1) is 0 Å². The lowest BCUT2D eigenvalue weighted by molar-refractivity contribution is -0.141. The Labute approximate surface area is 71.8 Å². The van der Waals surface area contributed by atoms with Crippen molar-refractivity contribution in [3.05, 3.63) is 0 Å². The van der Waals surface area contributed by atoms with Gasteiger partial charge in [0.25, 0.3) is 0 Å². The predicted molar refractivity (Wildman–Crippen MR) is 43.7 cm³/mol. The van der Waals surface area contributed by atoms with Crippen molar-refractivity contribution in [3.8, 4) is 0 Å². The average Bonchev–Trinajstić information content (AvgIpc) is 1.79. The Hall–Kier alpha value is -0.710. The number of nitrogens with one attached hydrogen (secondary N) is 1. The molecule has 0 aromatic carbocycles. The molecule has 0 unspecified atom stereocenters. The van der Waals surface area contributed by atoms with E-state index in [2.05, 4.69) is 12.6 Å². The van der Waals surface area contributed by atoms with Crippen molar-refractivity contribution in [2.24, 2.45) is 0 Å². The summed E-state index contributed by atoms with van der Waals surface area (Å²) in [7, 11) is 0. The number of hydrogen-bond acceptors (Lipinski definition) is 3. The topological polar surface area (TPSA) is 66.4 Å². The van der Waals surface area contributed by atoms with E-state index in [0.29, 0.717) is 0 Å². The van der Waals surface area contributed by atoms with Crippen molar-refractivity contribution in [3.63, 3.8) is 0 Å². The molecule has 0 aliphatic carbocycles. The lowest BCUT2D eigenvalue weighted by atomic mass is 10.0. The van der Waals surface area contributed by atoms with Crippen LogP contribution >= 0.6 is 12.6 Å². The fourth-order valence-corrected chi connectivity index (χ4v) is 0.774. The van der Waals surface area contributed by atoms with Gasteiger partial charge in [-0.25, -0.2) is 4.79 Å². The fourth-order valence-electron chi connectivity index (χ4n) is 0.599. The van der Waals surface area contributed by atoms with Gasteiger partial charge in [0.05, 0.1) is 0 Å². The lowest BCUT2D eigenvalue weighted by Crippen LogP contribution is -2.48. The van der Waals surface area contributed by atoms with Crippen LogP contribution in [0.25, 0.3) is 0 Å². The van der Waals surface area contributed by atoms with E-state index in [1.807, 2.05) is 5.32 Å². The summed E-state index contributed by atoms with van der Waals surface area (Å²) in [6, 6.07) is -1.15. The highest BCUT2D eigenvalue weighted by Gasteiger charge is 2.31. The zero-order valence-electron chi connectivity index (χ0n) is 7.29. The quantitative estimate of drug-likeness (QED) is 0.417. The van der Waals surface area contributed by atoms with E-state index in [9.17, 15) is 9.59 Å². The predicted octanol–water partition coefficient (Wildman–Crippen LogP) is -0.106. The van der Waals surface area contributed by atoms with Gasteiger partial charge >= 0.3 is 5.97 Å². The third-order valence-electron chi connectivity index (χ3n) is 1.16. The van der Waals surface area contributed by atoms with Crippen molar-refractivity contribution in [2.45, 2.75) is 24.6 Å². The molecule has 0 aliphatic rings. The number of carboxylic acids is 1. The van der Waals surface area contributed by atoms with Crippen LogP contribution in [-0.2, 0) is 9.59 Å². The van der Waals surface area contributed by atoms with Gasteiger partial charge in [-0.3, -0.25) is 4.79 Å². The standard InChI is InChI=1S/C6H11NO3S/c1-6(2,11)4(5(9)10)7-3-8/h3-4,11H,1-2H3,(H,7,8)(H,9,10)/t4-/m1/s1/i3D. The zero-order valence-corrected chi connectivity index (χ0v) is 7.18. The van der Waals surface area contributed by atoms with Gasteiger partial charge in [-0.1, -0.05) is 0 Å². The van der Waals surface area contributed by atoms with E-state index in [1.165, 1.54) is 0 Å². The van der Waals surface area contributed by atoms with Crippen LogP contribution in [0, 0.1) is 0 Å². The second-order valence-corrected chi connectivity index (χ2v) is 3.82. The van der Waals surface area contributed by atoms with Crippen LogP contribution in [0.3, 0.4) is 0 Å².